The minimum atomic E-state index is 0.504. The summed E-state index contributed by atoms with van der Waals surface area (Å²) in [6, 6.07) is 2.78. The van der Waals surface area contributed by atoms with Gasteiger partial charge in [0.25, 0.3) is 0 Å². The molecule has 1 N–H and O–H groups in total. The van der Waals surface area contributed by atoms with Crippen LogP contribution >= 0.6 is 22.9 Å². The van der Waals surface area contributed by atoms with E-state index in [1.54, 1.807) is 11.3 Å². The fourth-order valence-electron chi connectivity index (χ4n) is 3.13. The van der Waals surface area contributed by atoms with Crippen molar-refractivity contribution >= 4 is 22.9 Å². The fourth-order valence-corrected chi connectivity index (χ4v) is 4.44. The molecule has 0 aromatic carbocycles. The molecular formula is C16H26ClNS. The monoisotopic (exact) mass is 299 g/mol. The summed E-state index contributed by atoms with van der Waals surface area (Å²) in [5.74, 6) is 0.896. The Kier molecular flexibility index (Phi) is 6.18. The molecular weight excluding hydrogens is 274 g/mol. The molecule has 2 rings (SSSR count). The molecule has 1 nitrogen and oxygen atoms in total. The van der Waals surface area contributed by atoms with E-state index in [2.05, 4.69) is 25.2 Å². The predicted molar refractivity (Wildman–Crippen MR) is 86.3 cm³/mol. The van der Waals surface area contributed by atoms with Crippen molar-refractivity contribution in [3.8, 4) is 0 Å². The van der Waals surface area contributed by atoms with Gasteiger partial charge >= 0.3 is 0 Å². The maximum absolute atomic E-state index is 6.23. The molecule has 1 aliphatic carbocycles. The van der Waals surface area contributed by atoms with Crippen LogP contribution in [0.3, 0.4) is 0 Å². The van der Waals surface area contributed by atoms with Gasteiger partial charge in [0, 0.05) is 10.9 Å². The van der Waals surface area contributed by atoms with Crippen molar-refractivity contribution < 1.29 is 0 Å². The smallest absolute Gasteiger partial charge is 0.0960 e. The molecule has 19 heavy (non-hydrogen) atoms. The molecule has 1 fully saturated rings. The Morgan fingerprint density at radius 2 is 2.00 bits per heavy atom. The first-order valence-corrected chi connectivity index (χ1v) is 8.89. The molecule has 1 unspecified atom stereocenters. The van der Waals surface area contributed by atoms with E-state index in [-0.39, 0.29) is 0 Å². The molecule has 0 spiro atoms. The highest BCUT2D eigenvalue weighted by Gasteiger charge is 2.20. The van der Waals surface area contributed by atoms with Crippen LogP contribution in [0, 0.1) is 12.8 Å². The van der Waals surface area contributed by atoms with Crippen molar-refractivity contribution in [2.75, 3.05) is 6.54 Å². The van der Waals surface area contributed by atoms with E-state index in [0.717, 1.165) is 16.8 Å². The summed E-state index contributed by atoms with van der Waals surface area (Å²) in [5.41, 5.74) is 1.23. The lowest BCUT2D eigenvalue weighted by Crippen LogP contribution is -2.22. The highest BCUT2D eigenvalue weighted by Crippen LogP contribution is 2.36. The molecule has 0 saturated heterocycles. The number of halogens is 1. The van der Waals surface area contributed by atoms with Gasteiger partial charge in [-0.05, 0) is 37.4 Å². The molecule has 1 aromatic rings. The lowest BCUT2D eigenvalue weighted by atomic mass is 9.92. The van der Waals surface area contributed by atoms with Gasteiger partial charge < -0.3 is 5.32 Å². The maximum Gasteiger partial charge on any atom is 0.0960 e. The number of aryl methyl sites for hydroxylation is 1. The van der Waals surface area contributed by atoms with Crippen LogP contribution in [0.2, 0.25) is 4.34 Å². The summed E-state index contributed by atoms with van der Waals surface area (Å²) in [5, 5.41) is 3.66. The molecule has 0 bridgehead atoms. The maximum atomic E-state index is 6.23. The van der Waals surface area contributed by atoms with Crippen LogP contribution in [-0.2, 0) is 0 Å². The summed E-state index contributed by atoms with van der Waals surface area (Å²) < 4.78 is 0.957. The van der Waals surface area contributed by atoms with Gasteiger partial charge in [-0.25, -0.2) is 0 Å². The lowest BCUT2D eigenvalue weighted by molar-refractivity contribution is 0.362. The van der Waals surface area contributed by atoms with Gasteiger partial charge in [-0.15, -0.1) is 11.3 Å². The predicted octanol–water partition coefficient (Wildman–Crippen LogP) is 5.72. The van der Waals surface area contributed by atoms with Crippen LogP contribution in [0.15, 0.2) is 6.07 Å². The van der Waals surface area contributed by atoms with E-state index in [4.69, 9.17) is 11.6 Å². The zero-order valence-electron chi connectivity index (χ0n) is 12.2. The lowest BCUT2D eigenvalue weighted by Gasteiger charge is -2.22. The second-order valence-electron chi connectivity index (χ2n) is 5.81. The van der Waals surface area contributed by atoms with Gasteiger partial charge in [-0.1, -0.05) is 57.0 Å². The molecule has 3 heteroatoms. The van der Waals surface area contributed by atoms with E-state index in [1.807, 2.05) is 0 Å². The Bertz CT molecular complexity index is 361. The van der Waals surface area contributed by atoms with Gasteiger partial charge in [0.15, 0.2) is 0 Å². The van der Waals surface area contributed by atoms with Crippen LogP contribution in [0.25, 0.3) is 0 Å². The van der Waals surface area contributed by atoms with Crippen LogP contribution in [-0.4, -0.2) is 6.54 Å². The third kappa shape index (κ3) is 4.47. The first-order chi connectivity index (χ1) is 9.20. The highest BCUT2D eigenvalue weighted by atomic mass is 35.5. The molecule has 1 heterocycles. The van der Waals surface area contributed by atoms with Crippen molar-refractivity contribution in [1.82, 2.24) is 5.32 Å². The van der Waals surface area contributed by atoms with Crippen molar-refractivity contribution in [2.24, 2.45) is 5.92 Å². The standard InChI is InChI=1S/C16H26ClNS/c1-3-18-14(15-10-12(2)16(17)19-15)11-13-8-6-4-5-7-9-13/h10,13-14,18H,3-9,11H2,1-2H3. The molecule has 1 atom stereocenters. The van der Waals surface area contributed by atoms with Crippen molar-refractivity contribution in [3.63, 3.8) is 0 Å². The zero-order chi connectivity index (χ0) is 13.7. The third-order valence-electron chi connectivity index (χ3n) is 4.21. The Labute approximate surface area is 126 Å². The average Bonchev–Trinajstić information content (AvgIpc) is 2.60. The van der Waals surface area contributed by atoms with Gasteiger partial charge in [0.1, 0.15) is 0 Å². The Morgan fingerprint density at radius 1 is 1.32 bits per heavy atom. The van der Waals surface area contributed by atoms with E-state index < -0.39 is 0 Å². The highest BCUT2D eigenvalue weighted by molar-refractivity contribution is 7.16. The topological polar surface area (TPSA) is 12.0 Å². The zero-order valence-corrected chi connectivity index (χ0v) is 13.7. The summed E-state index contributed by atoms with van der Waals surface area (Å²) >= 11 is 7.99. The number of nitrogens with one attached hydrogen (secondary N) is 1. The largest absolute Gasteiger partial charge is 0.310 e. The van der Waals surface area contributed by atoms with Gasteiger partial charge in [-0.2, -0.15) is 0 Å². The van der Waals surface area contributed by atoms with E-state index in [9.17, 15) is 0 Å². The Balaban J connectivity index is 2.02. The summed E-state index contributed by atoms with van der Waals surface area (Å²) in [4.78, 5) is 1.42. The van der Waals surface area contributed by atoms with Gasteiger partial charge in [-0.3, -0.25) is 0 Å². The second-order valence-corrected chi connectivity index (χ2v) is 7.49. The van der Waals surface area contributed by atoms with Crippen molar-refractivity contribution in [3.05, 3.63) is 20.8 Å². The molecule has 0 radical (unpaired) electrons. The molecule has 1 aliphatic rings. The molecule has 0 amide bonds. The fraction of sp³-hybridized carbons (Fsp3) is 0.750. The van der Waals surface area contributed by atoms with E-state index in [0.29, 0.717) is 6.04 Å². The van der Waals surface area contributed by atoms with E-state index >= 15 is 0 Å². The minimum Gasteiger partial charge on any atom is -0.310 e. The summed E-state index contributed by atoms with van der Waals surface area (Å²) in [6.07, 6.45) is 9.84. The van der Waals surface area contributed by atoms with Crippen LogP contribution in [0.1, 0.15) is 68.4 Å². The normalized spacial score (nSPS) is 19.3. The Morgan fingerprint density at radius 3 is 2.53 bits per heavy atom. The third-order valence-corrected chi connectivity index (χ3v) is 5.88. The molecule has 108 valence electrons. The summed E-state index contributed by atoms with van der Waals surface area (Å²) in [7, 11) is 0. The number of hydrogen-bond donors (Lipinski definition) is 1. The molecule has 0 aliphatic heterocycles. The first kappa shape index (κ1) is 15.3. The first-order valence-electron chi connectivity index (χ1n) is 7.70. The van der Waals surface area contributed by atoms with Gasteiger partial charge in [0.2, 0.25) is 0 Å². The minimum absolute atomic E-state index is 0.504. The number of rotatable bonds is 5. The van der Waals surface area contributed by atoms with Crippen LogP contribution in [0.4, 0.5) is 0 Å². The molecule has 1 saturated carbocycles. The van der Waals surface area contributed by atoms with Gasteiger partial charge in [0.05, 0.1) is 4.34 Å². The SMILES string of the molecule is CCNC(CC1CCCCCC1)c1cc(C)c(Cl)s1. The summed E-state index contributed by atoms with van der Waals surface area (Å²) in [6.45, 7) is 5.34. The Hall–Kier alpha value is -0.0500. The molecule has 1 aromatic heterocycles. The second kappa shape index (κ2) is 7.66. The van der Waals surface area contributed by atoms with Crippen molar-refractivity contribution in [2.45, 2.75) is 64.8 Å². The number of thiophene rings is 1. The average molecular weight is 300 g/mol. The van der Waals surface area contributed by atoms with Crippen LogP contribution in [0.5, 0.6) is 0 Å². The van der Waals surface area contributed by atoms with Crippen molar-refractivity contribution in [1.29, 1.82) is 0 Å². The number of hydrogen-bond acceptors (Lipinski definition) is 2. The quantitative estimate of drug-likeness (QED) is 0.686. The van der Waals surface area contributed by atoms with Crippen LogP contribution < -0.4 is 5.32 Å². The van der Waals surface area contributed by atoms with E-state index in [1.165, 1.54) is 55.4 Å².